The Morgan fingerprint density at radius 2 is 2.21 bits per heavy atom. The lowest BCUT2D eigenvalue weighted by molar-refractivity contribution is 0.0159. The van der Waals surface area contributed by atoms with E-state index in [4.69, 9.17) is 9.47 Å². The van der Waals surface area contributed by atoms with Gasteiger partial charge in [-0.2, -0.15) is 0 Å². The summed E-state index contributed by atoms with van der Waals surface area (Å²) >= 11 is 0. The van der Waals surface area contributed by atoms with Crippen molar-refractivity contribution >= 4 is 6.09 Å². The highest BCUT2D eigenvalue weighted by Crippen LogP contribution is 2.23. The van der Waals surface area contributed by atoms with Gasteiger partial charge < -0.3 is 14.4 Å². The van der Waals surface area contributed by atoms with Gasteiger partial charge in [-0.25, -0.2) is 9.78 Å². The number of amides is 1. The third-order valence-corrected chi connectivity index (χ3v) is 4.07. The van der Waals surface area contributed by atoms with Crippen molar-refractivity contribution in [3.63, 3.8) is 0 Å². The van der Waals surface area contributed by atoms with E-state index in [2.05, 4.69) is 4.98 Å². The maximum Gasteiger partial charge on any atom is 0.410 e. The number of carbonyl (C=O) groups is 1. The molecule has 1 aliphatic rings. The summed E-state index contributed by atoms with van der Waals surface area (Å²) in [7, 11) is 0. The summed E-state index contributed by atoms with van der Waals surface area (Å²) in [5.41, 5.74) is 0.721. The zero-order chi connectivity index (χ0) is 17.6. The highest BCUT2D eigenvalue weighted by atomic mass is 16.6. The number of carbonyl (C=O) groups excluding carboxylic acids is 1. The molecule has 1 aliphatic heterocycles. The Hall–Kier alpha value is -1.78. The zero-order valence-corrected chi connectivity index (χ0v) is 15.4. The topological polar surface area (TPSA) is 51.7 Å². The first-order valence-corrected chi connectivity index (χ1v) is 8.87. The number of nitrogens with zero attached hydrogens (tertiary/aromatic N) is 2. The van der Waals surface area contributed by atoms with Crippen molar-refractivity contribution < 1.29 is 14.3 Å². The molecule has 0 aliphatic carbocycles. The second-order valence-electron chi connectivity index (χ2n) is 7.60. The van der Waals surface area contributed by atoms with E-state index in [1.807, 2.05) is 44.7 Å². The molecule has 1 atom stereocenters. The Balaban J connectivity index is 1.70. The van der Waals surface area contributed by atoms with E-state index in [0.29, 0.717) is 18.4 Å². The summed E-state index contributed by atoms with van der Waals surface area (Å²) in [5.74, 6) is 1.22. The number of hydrogen-bond donors (Lipinski definition) is 0. The van der Waals surface area contributed by atoms with Crippen molar-refractivity contribution in [1.29, 1.82) is 0 Å². The van der Waals surface area contributed by atoms with E-state index in [1.165, 1.54) is 6.42 Å². The maximum absolute atomic E-state index is 12.2. The van der Waals surface area contributed by atoms with Crippen LogP contribution in [0.2, 0.25) is 0 Å². The molecule has 1 aromatic rings. The number of hydrogen-bond acceptors (Lipinski definition) is 4. The molecule has 0 unspecified atom stereocenters. The van der Waals surface area contributed by atoms with Crippen molar-refractivity contribution in [3.8, 4) is 5.88 Å². The number of piperidine rings is 1. The minimum Gasteiger partial charge on any atom is -0.478 e. The molecule has 5 nitrogen and oxygen atoms in total. The average molecular weight is 334 g/mol. The average Bonchev–Trinajstić information content (AvgIpc) is 2.50. The summed E-state index contributed by atoms with van der Waals surface area (Å²) in [6.45, 7) is 10.0. The zero-order valence-electron chi connectivity index (χ0n) is 15.4. The number of rotatable bonds is 5. The predicted octanol–water partition coefficient (Wildman–Crippen LogP) is 4.20. The standard InChI is InChI=1S/C19H30N2O3/c1-15-9-10-20-17(13-15)23-12-6-8-16-7-5-11-21(14-16)18(22)24-19(2,3)4/h9-10,13,16H,5-8,11-12,14H2,1-4H3/t16-/m1/s1. The molecule has 0 radical (unpaired) electrons. The Morgan fingerprint density at radius 1 is 1.42 bits per heavy atom. The Labute approximate surface area is 145 Å². The molecule has 0 N–H and O–H groups in total. The van der Waals surface area contributed by atoms with Gasteiger partial charge in [-0.05, 0) is 70.9 Å². The van der Waals surface area contributed by atoms with E-state index < -0.39 is 5.60 Å². The third kappa shape index (κ3) is 6.38. The number of aromatic nitrogens is 1. The van der Waals surface area contributed by atoms with Crippen molar-refractivity contribution in [3.05, 3.63) is 23.9 Å². The highest BCUT2D eigenvalue weighted by molar-refractivity contribution is 5.68. The van der Waals surface area contributed by atoms with Crippen LogP contribution in [0.4, 0.5) is 4.79 Å². The van der Waals surface area contributed by atoms with Crippen LogP contribution in [-0.4, -0.2) is 41.3 Å². The highest BCUT2D eigenvalue weighted by Gasteiger charge is 2.27. The molecule has 1 fully saturated rings. The molecule has 5 heteroatoms. The van der Waals surface area contributed by atoms with Gasteiger partial charge in [-0.15, -0.1) is 0 Å². The van der Waals surface area contributed by atoms with E-state index >= 15 is 0 Å². The van der Waals surface area contributed by atoms with Crippen molar-refractivity contribution in [2.24, 2.45) is 5.92 Å². The van der Waals surface area contributed by atoms with Gasteiger partial charge in [0.2, 0.25) is 5.88 Å². The van der Waals surface area contributed by atoms with E-state index in [9.17, 15) is 4.79 Å². The van der Waals surface area contributed by atoms with Crippen molar-refractivity contribution in [2.75, 3.05) is 19.7 Å². The van der Waals surface area contributed by atoms with E-state index in [1.54, 1.807) is 6.20 Å². The van der Waals surface area contributed by atoms with Crippen LogP contribution in [0.3, 0.4) is 0 Å². The monoisotopic (exact) mass is 334 g/mol. The normalized spacial score (nSPS) is 18.3. The fourth-order valence-corrected chi connectivity index (χ4v) is 2.93. The molecule has 2 heterocycles. The van der Waals surface area contributed by atoms with E-state index in [0.717, 1.165) is 37.9 Å². The first-order valence-electron chi connectivity index (χ1n) is 8.87. The molecule has 2 rings (SSSR count). The van der Waals surface area contributed by atoms with E-state index in [-0.39, 0.29) is 6.09 Å². The van der Waals surface area contributed by atoms with Gasteiger partial charge in [0.1, 0.15) is 5.60 Å². The molecule has 0 aromatic carbocycles. The van der Waals surface area contributed by atoms with Crippen LogP contribution in [0.1, 0.15) is 52.0 Å². The number of aryl methyl sites for hydroxylation is 1. The minimum absolute atomic E-state index is 0.188. The Bertz CT molecular complexity index is 540. The SMILES string of the molecule is Cc1ccnc(OCCC[C@H]2CCCN(C(=O)OC(C)(C)C)C2)c1. The van der Waals surface area contributed by atoms with Gasteiger partial charge in [0.05, 0.1) is 6.61 Å². The van der Waals surface area contributed by atoms with Crippen molar-refractivity contribution in [2.45, 2.75) is 59.0 Å². The van der Waals surface area contributed by atoms with Crippen LogP contribution in [0.25, 0.3) is 0 Å². The lowest BCUT2D eigenvalue weighted by atomic mass is 9.94. The second-order valence-corrected chi connectivity index (χ2v) is 7.60. The minimum atomic E-state index is -0.432. The first kappa shape index (κ1) is 18.6. The van der Waals surface area contributed by atoms with Crippen LogP contribution in [-0.2, 0) is 4.74 Å². The quantitative estimate of drug-likeness (QED) is 0.757. The fraction of sp³-hybridized carbons (Fsp3) is 0.684. The molecule has 1 aromatic heterocycles. The lowest BCUT2D eigenvalue weighted by Gasteiger charge is -2.34. The van der Waals surface area contributed by atoms with Gasteiger partial charge >= 0.3 is 6.09 Å². The Kier molecular flexibility index (Phi) is 6.46. The summed E-state index contributed by atoms with van der Waals surface area (Å²) in [5, 5.41) is 0. The second kappa shape index (κ2) is 8.36. The van der Waals surface area contributed by atoms with Gasteiger partial charge in [0.15, 0.2) is 0 Å². The van der Waals surface area contributed by atoms with Crippen LogP contribution in [0, 0.1) is 12.8 Å². The number of pyridine rings is 1. The van der Waals surface area contributed by atoms with Crippen LogP contribution < -0.4 is 4.74 Å². The maximum atomic E-state index is 12.2. The molecular weight excluding hydrogens is 304 g/mol. The smallest absolute Gasteiger partial charge is 0.410 e. The molecule has 1 amide bonds. The summed E-state index contributed by atoms with van der Waals surface area (Å²) in [6, 6.07) is 3.91. The van der Waals surface area contributed by atoms with Crippen LogP contribution in [0.5, 0.6) is 5.88 Å². The molecular formula is C19H30N2O3. The fourth-order valence-electron chi connectivity index (χ4n) is 2.93. The summed E-state index contributed by atoms with van der Waals surface area (Å²) in [4.78, 5) is 18.2. The predicted molar refractivity (Wildman–Crippen MR) is 94.2 cm³/mol. The largest absolute Gasteiger partial charge is 0.478 e. The number of ether oxygens (including phenoxy) is 2. The van der Waals surface area contributed by atoms with Gasteiger partial charge in [-0.1, -0.05) is 0 Å². The van der Waals surface area contributed by atoms with Gasteiger partial charge in [0.25, 0.3) is 0 Å². The summed E-state index contributed by atoms with van der Waals surface area (Å²) in [6.07, 6.45) is 5.83. The van der Waals surface area contributed by atoms with Gasteiger partial charge in [0, 0.05) is 25.4 Å². The Morgan fingerprint density at radius 3 is 2.92 bits per heavy atom. The van der Waals surface area contributed by atoms with Crippen molar-refractivity contribution in [1.82, 2.24) is 9.88 Å². The molecule has 1 saturated heterocycles. The third-order valence-electron chi connectivity index (χ3n) is 4.07. The summed E-state index contributed by atoms with van der Waals surface area (Å²) < 4.78 is 11.2. The number of likely N-dealkylation sites (tertiary alicyclic amines) is 1. The first-order chi connectivity index (χ1) is 11.3. The molecule has 0 saturated carbocycles. The van der Waals surface area contributed by atoms with Gasteiger partial charge in [-0.3, -0.25) is 0 Å². The lowest BCUT2D eigenvalue weighted by Crippen LogP contribution is -2.42. The van der Waals surface area contributed by atoms with Crippen LogP contribution in [0.15, 0.2) is 18.3 Å². The molecule has 24 heavy (non-hydrogen) atoms. The van der Waals surface area contributed by atoms with Crippen LogP contribution >= 0.6 is 0 Å². The molecule has 134 valence electrons. The molecule has 0 bridgehead atoms. The molecule has 0 spiro atoms.